The predicted molar refractivity (Wildman–Crippen MR) is 102 cm³/mol. The summed E-state index contributed by atoms with van der Waals surface area (Å²) in [5.74, 6) is 0.180. The molecule has 0 saturated heterocycles. The maximum absolute atomic E-state index is 12.4. The van der Waals surface area contributed by atoms with Gasteiger partial charge in [-0.3, -0.25) is 9.03 Å². The summed E-state index contributed by atoms with van der Waals surface area (Å²) in [6.45, 7) is 2.34. The number of hydrogen-bond acceptors (Lipinski definition) is 5. The molecular weight excluding hydrogens is 376 g/mol. The van der Waals surface area contributed by atoms with Crippen LogP contribution in [0.4, 0.5) is 11.4 Å². The van der Waals surface area contributed by atoms with Crippen molar-refractivity contribution in [3.63, 3.8) is 0 Å². The lowest BCUT2D eigenvalue weighted by Crippen LogP contribution is -2.37. The van der Waals surface area contributed by atoms with Crippen molar-refractivity contribution in [3.8, 4) is 5.75 Å². The number of benzene rings is 2. The predicted octanol–water partition coefficient (Wildman–Crippen LogP) is 2.10. The number of rotatable bonds is 5. The first-order valence-corrected chi connectivity index (χ1v) is 11.4. The van der Waals surface area contributed by atoms with E-state index >= 15 is 0 Å². The molecule has 1 heterocycles. The first kappa shape index (κ1) is 18.5. The van der Waals surface area contributed by atoms with Crippen LogP contribution in [0.1, 0.15) is 11.1 Å². The Labute approximate surface area is 153 Å². The minimum Gasteiger partial charge on any atom is -0.489 e. The number of hydrogen-bond donors (Lipinski definition) is 1. The van der Waals surface area contributed by atoms with Gasteiger partial charge in [0.05, 0.1) is 29.9 Å². The number of nitrogens with zero attached hydrogens (tertiary/aromatic N) is 1. The molecule has 26 heavy (non-hydrogen) atoms. The van der Waals surface area contributed by atoms with Crippen molar-refractivity contribution < 1.29 is 21.6 Å². The molecule has 0 unspecified atom stereocenters. The van der Waals surface area contributed by atoms with Gasteiger partial charge in [0.25, 0.3) is 0 Å². The van der Waals surface area contributed by atoms with Gasteiger partial charge in [-0.1, -0.05) is 29.8 Å². The summed E-state index contributed by atoms with van der Waals surface area (Å²) in [5.41, 5.74) is 2.41. The highest BCUT2D eigenvalue weighted by atomic mass is 32.2. The van der Waals surface area contributed by atoms with E-state index in [1.165, 1.54) is 16.4 Å². The van der Waals surface area contributed by atoms with E-state index in [1.807, 2.05) is 25.1 Å². The van der Waals surface area contributed by atoms with Gasteiger partial charge in [-0.2, -0.15) is 0 Å². The van der Waals surface area contributed by atoms with E-state index in [-0.39, 0.29) is 18.9 Å². The van der Waals surface area contributed by atoms with Crippen LogP contribution < -0.4 is 13.8 Å². The SMILES string of the molecule is Cc1cccc(CS(=O)(=O)Nc2ccc3c(c2)OCCN3S(C)(=O)=O)c1. The molecule has 1 aliphatic rings. The Hall–Kier alpha value is -2.26. The van der Waals surface area contributed by atoms with E-state index in [0.29, 0.717) is 22.7 Å². The van der Waals surface area contributed by atoms with Crippen molar-refractivity contribution in [2.24, 2.45) is 0 Å². The second kappa shape index (κ2) is 6.81. The van der Waals surface area contributed by atoms with Gasteiger partial charge in [0.1, 0.15) is 12.4 Å². The van der Waals surface area contributed by atoms with E-state index in [0.717, 1.165) is 11.8 Å². The monoisotopic (exact) mass is 396 g/mol. The zero-order valence-corrected chi connectivity index (χ0v) is 16.1. The van der Waals surface area contributed by atoms with Crippen LogP contribution in [0, 0.1) is 6.92 Å². The molecule has 2 aromatic carbocycles. The lowest BCUT2D eigenvalue weighted by Gasteiger charge is -2.29. The second-order valence-electron chi connectivity index (χ2n) is 6.22. The molecule has 1 N–H and O–H groups in total. The van der Waals surface area contributed by atoms with E-state index in [9.17, 15) is 16.8 Å². The molecule has 2 aromatic rings. The molecule has 9 heteroatoms. The minimum atomic E-state index is -3.61. The van der Waals surface area contributed by atoms with E-state index in [4.69, 9.17) is 4.74 Å². The quantitative estimate of drug-likeness (QED) is 0.835. The Balaban J connectivity index is 1.83. The third kappa shape index (κ3) is 4.28. The number of nitrogens with one attached hydrogen (secondary N) is 1. The summed E-state index contributed by atoms with van der Waals surface area (Å²) >= 11 is 0. The van der Waals surface area contributed by atoms with Crippen molar-refractivity contribution in [1.29, 1.82) is 0 Å². The number of anilines is 2. The summed E-state index contributed by atoms with van der Waals surface area (Å²) in [7, 11) is -7.03. The van der Waals surface area contributed by atoms with Crippen LogP contribution in [-0.2, 0) is 25.8 Å². The molecule has 140 valence electrons. The van der Waals surface area contributed by atoms with Gasteiger partial charge in [0.2, 0.25) is 20.0 Å². The molecule has 0 aliphatic carbocycles. The largest absolute Gasteiger partial charge is 0.489 e. The Morgan fingerprint density at radius 3 is 2.58 bits per heavy atom. The maximum Gasteiger partial charge on any atom is 0.236 e. The number of ether oxygens (including phenoxy) is 1. The van der Waals surface area contributed by atoms with Crippen LogP contribution in [0.3, 0.4) is 0 Å². The Bertz CT molecular complexity index is 1030. The van der Waals surface area contributed by atoms with Gasteiger partial charge < -0.3 is 4.74 Å². The molecule has 0 atom stereocenters. The Kier molecular flexibility index (Phi) is 4.85. The summed E-state index contributed by atoms with van der Waals surface area (Å²) in [6, 6.07) is 11.9. The van der Waals surface area contributed by atoms with Gasteiger partial charge in [-0.25, -0.2) is 16.8 Å². The molecule has 0 saturated carbocycles. The Morgan fingerprint density at radius 2 is 1.88 bits per heavy atom. The Morgan fingerprint density at radius 1 is 1.12 bits per heavy atom. The molecular formula is C17H20N2O5S2. The molecule has 0 radical (unpaired) electrons. The summed E-state index contributed by atoms with van der Waals surface area (Å²) in [6.07, 6.45) is 1.13. The number of sulfonamides is 2. The molecule has 0 amide bonds. The van der Waals surface area contributed by atoms with Crippen LogP contribution >= 0.6 is 0 Å². The second-order valence-corrected chi connectivity index (χ2v) is 9.85. The number of fused-ring (bicyclic) bond motifs is 1. The van der Waals surface area contributed by atoms with Gasteiger partial charge >= 0.3 is 0 Å². The maximum atomic E-state index is 12.4. The van der Waals surface area contributed by atoms with Crippen molar-refractivity contribution in [2.45, 2.75) is 12.7 Å². The summed E-state index contributed by atoms with van der Waals surface area (Å²) < 4.78 is 57.8. The van der Waals surface area contributed by atoms with Gasteiger partial charge in [-0.05, 0) is 24.6 Å². The first-order valence-electron chi connectivity index (χ1n) is 7.95. The summed E-state index contributed by atoms with van der Waals surface area (Å²) in [5, 5.41) is 0. The first-order chi connectivity index (χ1) is 12.1. The zero-order chi connectivity index (χ0) is 18.9. The number of aryl methyl sites for hydroxylation is 1. The van der Waals surface area contributed by atoms with Crippen LogP contribution in [0.15, 0.2) is 42.5 Å². The van der Waals surface area contributed by atoms with Crippen LogP contribution in [0.25, 0.3) is 0 Å². The van der Waals surface area contributed by atoms with Crippen LogP contribution in [0.2, 0.25) is 0 Å². The average molecular weight is 396 g/mol. The molecule has 3 rings (SSSR count). The van der Waals surface area contributed by atoms with E-state index in [1.54, 1.807) is 12.1 Å². The molecule has 0 aromatic heterocycles. The van der Waals surface area contributed by atoms with E-state index < -0.39 is 20.0 Å². The average Bonchev–Trinajstić information content (AvgIpc) is 2.52. The molecule has 0 spiro atoms. The van der Waals surface area contributed by atoms with Crippen LogP contribution in [0.5, 0.6) is 5.75 Å². The smallest absolute Gasteiger partial charge is 0.236 e. The lowest BCUT2D eigenvalue weighted by atomic mass is 10.2. The van der Waals surface area contributed by atoms with Crippen molar-refractivity contribution in [3.05, 3.63) is 53.6 Å². The summed E-state index contributed by atoms with van der Waals surface area (Å²) in [4.78, 5) is 0. The van der Waals surface area contributed by atoms with Gasteiger partial charge in [0.15, 0.2) is 0 Å². The standard InChI is InChI=1S/C17H20N2O5S2/c1-13-4-3-5-14(10-13)12-26(22,23)18-15-6-7-16-17(11-15)24-9-8-19(16)25(2,20)21/h3-7,10-11,18H,8-9,12H2,1-2H3. The minimum absolute atomic E-state index is 0.151. The lowest BCUT2D eigenvalue weighted by molar-refractivity contribution is 0.316. The normalized spacial score (nSPS) is 14.5. The third-order valence-electron chi connectivity index (χ3n) is 3.89. The van der Waals surface area contributed by atoms with Crippen LogP contribution in [-0.4, -0.2) is 36.2 Å². The highest BCUT2D eigenvalue weighted by molar-refractivity contribution is 7.92. The van der Waals surface area contributed by atoms with Gasteiger partial charge in [-0.15, -0.1) is 0 Å². The fourth-order valence-corrected chi connectivity index (χ4v) is 4.93. The molecule has 0 bridgehead atoms. The molecule has 7 nitrogen and oxygen atoms in total. The molecule has 1 aliphatic heterocycles. The topological polar surface area (TPSA) is 92.8 Å². The van der Waals surface area contributed by atoms with Crippen molar-refractivity contribution in [2.75, 3.05) is 28.4 Å². The van der Waals surface area contributed by atoms with Crippen molar-refractivity contribution >= 4 is 31.4 Å². The zero-order valence-electron chi connectivity index (χ0n) is 14.5. The highest BCUT2D eigenvalue weighted by Crippen LogP contribution is 2.35. The van der Waals surface area contributed by atoms with E-state index in [2.05, 4.69) is 4.72 Å². The fourth-order valence-electron chi connectivity index (χ4n) is 2.84. The van der Waals surface area contributed by atoms with Gasteiger partial charge in [0, 0.05) is 6.07 Å². The van der Waals surface area contributed by atoms with Crippen molar-refractivity contribution in [1.82, 2.24) is 0 Å². The fraction of sp³-hybridized carbons (Fsp3) is 0.294. The third-order valence-corrected chi connectivity index (χ3v) is 6.33. The highest BCUT2D eigenvalue weighted by Gasteiger charge is 2.25. The molecule has 0 fully saturated rings.